The topological polar surface area (TPSA) is 38.7 Å². The van der Waals surface area contributed by atoms with Crippen LogP contribution in [0.15, 0.2) is 24.3 Å². The van der Waals surface area contributed by atoms with Gasteiger partial charge >= 0.3 is 0 Å². The van der Waals surface area contributed by atoms with E-state index in [1.54, 1.807) is 14.2 Å². The molecule has 0 aliphatic carbocycles. The van der Waals surface area contributed by atoms with E-state index in [4.69, 9.17) is 9.47 Å². The van der Waals surface area contributed by atoms with Gasteiger partial charge in [0, 0.05) is 26.7 Å². The first-order chi connectivity index (χ1) is 7.74. The Bertz CT molecular complexity index is 312. The van der Waals surface area contributed by atoms with Crippen LogP contribution in [0.2, 0.25) is 0 Å². The zero-order valence-electron chi connectivity index (χ0n) is 10.1. The molecule has 0 aliphatic heterocycles. The van der Waals surface area contributed by atoms with Gasteiger partial charge in [0.15, 0.2) is 0 Å². The Labute approximate surface area is 97.0 Å². The van der Waals surface area contributed by atoms with Crippen LogP contribution in [0.3, 0.4) is 0 Å². The van der Waals surface area contributed by atoms with Crippen LogP contribution in [0.5, 0.6) is 0 Å². The van der Waals surface area contributed by atoms with Crippen molar-refractivity contribution >= 4 is 0 Å². The van der Waals surface area contributed by atoms with Crippen molar-refractivity contribution in [3.8, 4) is 0 Å². The maximum atomic E-state index is 9.22. The SMILES string of the molecule is COCC(OC)c1ccccc1C(C)CO. The normalized spacial score (nSPS) is 14.8. The van der Waals surface area contributed by atoms with Gasteiger partial charge in [-0.05, 0) is 11.1 Å². The van der Waals surface area contributed by atoms with Gasteiger partial charge in [-0.15, -0.1) is 0 Å². The highest BCUT2D eigenvalue weighted by molar-refractivity contribution is 5.32. The molecule has 2 unspecified atom stereocenters. The summed E-state index contributed by atoms with van der Waals surface area (Å²) in [4.78, 5) is 0. The molecule has 90 valence electrons. The number of aliphatic hydroxyl groups is 1. The van der Waals surface area contributed by atoms with Gasteiger partial charge in [-0.2, -0.15) is 0 Å². The first-order valence-corrected chi connectivity index (χ1v) is 5.46. The van der Waals surface area contributed by atoms with Gasteiger partial charge in [-0.1, -0.05) is 31.2 Å². The quantitative estimate of drug-likeness (QED) is 0.804. The average Bonchev–Trinajstić information content (AvgIpc) is 2.35. The molecule has 1 aromatic carbocycles. The van der Waals surface area contributed by atoms with Crippen molar-refractivity contribution in [3.05, 3.63) is 35.4 Å². The third-order valence-electron chi connectivity index (χ3n) is 2.75. The van der Waals surface area contributed by atoms with Crippen molar-refractivity contribution in [3.63, 3.8) is 0 Å². The van der Waals surface area contributed by atoms with Crippen LogP contribution < -0.4 is 0 Å². The molecule has 1 aromatic rings. The Hall–Kier alpha value is -0.900. The number of methoxy groups -OCH3 is 2. The van der Waals surface area contributed by atoms with E-state index in [1.807, 2.05) is 31.2 Å². The molecular formula is C13H20O3. The van der Waals surface area contributed by atoms with Gasteiger partial charge in [0.2, 0.25) is 0 Å². The summed E-state index contributed by atoms with van der Waals surface area (Å²) < 4.78 is 10.5. The third-order valence-corrected chi connectivity index (χ3v) is 2.75. The molecule has 2 atom stereocenters. The number of aliphatic hydroxyl groups excluding tert-OH is 1. The van der Waals surface area contributed by atoms with E-state index in [0.29, 0.717) is 6.61 Å². The Balaban J connectivity index is 3.00. The standard InChI is InChI=1S/C13H20O3/c1-10(8-14)11-6-4-5-7-12(11)13(16-3)9-15-2/h4-7,10,13-14H,8-9H2,1-3H3. The van der Waals surface area contributed by atoms with Crippen LogP contribution in [0.1, 0.15) is 30.1 Å². The van der Waals surface area contributed by atoms with E-state index in [1.165, 1.54) is 0 Å². The molecule has 0 saturated carbocycles. The molecule has 1 N–H and O–H groups in total. The highest BCUT2D eigenvalue weighted by Gasteiger charge is 2.17. The van der Waals surface area contributed by atoms with Gasteiger partial charge < -0.3 is 14.6 Å². The van der Waals surface area contributed by atoms with E-state index in [2.05, 4.69) is 0 Å². The zero-order valence-corrected chi connectivity index (χ0v) is 10.1. The molecule has 0 saturated heterocycles. The minimum Gasteiger partial charge on any atom is -0.396 e. The minimum absolute atomic E-state index is 0.0739. The van der Waals surface area contributed by atoms with E-state index >= 15 is 0 Å². The van der Waals surface area contributed by atoms with Gasteiger partial charge in [-0.3, -0.25) is 0 Å². The van der Waals surface area contributed by atoms with Gasteiger partial charge in [0.1, 0.15) is 6.10 Å². The van der Waals surface area contributed by atoms with Crippen LogP contribution in [-0.2, 0) is 9.47 Å². The molecule has 0 aromatic heterocycles. The summed E-state index contributed by atoms with van der Waals surface area (Å²) >= 11 is 0. The first kappa shape index (κ1) is 13.2. The number of hydrogen-bond acceptors (Lipinski definition) is 3. The molecule has 0 aliphatic rings. The van der Waals surface area contributed by atoms with E-state index in [-0.39, 0.29) is 18.6 Å². The van der Waals surface area contributed by atoms with Crippen molar-refractivity contribution in [2.24, 2.45) is 0 Å². The Morgan fingerprint density at radius 3 is 2.31 bits per heavy atom. The lowest BCUT2D eigenvalue weighted by Crippen LogP contribution is -2.13. The average molecular weight is 224 g/mol. The Morgan fingerprint density at radius 2 is 1.81 bits per heavy atom. The summed E-state index contributed by atoms with van der Waals surface area (Å²) in [5.41, 5.74) is 2.21. The molecule has 1 rings (SSSR count). The fraction of sp³-hybridized carbons (Fsp3) is 0.538. The molecule has 0 radical (unpaired) electrons. The lowest BCUT2D eigenvalue weighted by molar-refractivity contribution is 0.0266. The Morgan fingerprint density at radius 1 is 1.19 bits per heavy atom. The van der Waals surface area contributed by atoms with E-state index in [9.17, 15) is 5.11 Å². The summed E-state index contributed by atoms with van der Waals surface area (Å²) in [5.74, 6) is 0.116. The molecule has 0 heterocycles. The van der Waals surface area contributed by atoms with Crippen molar-refractivity contribution in [1.29, 1.82) is 0 Å². The predicted molar refractivity (Wildman–Crippen MR) is 63.6 cm³/mol. The molecule has 0 bridgehead atoms. The third kappa shape index (κ3) is 3.04. The summed E-state index contributed by atoms with van der Waals surface area (Å²) in [6.07, 6.45) is -0.0739. The maximum absolute atomic E-state index is 9.22. The number of hydrogen-bond donors (Lipinski definition) is 1. The molecular weight excluding hydrogens is 204 g/mol. The van der Waals surface area contributed by atoms with Crippen LogP contribution >= 0.6 is 0 Å². The highest BCUT2D eigenvalue weighted by Crippen LogP contribution is 2.26. The maximum Gasteiger partial charge on any atom is 0.106 e. The molecule has 3 nitrogen and oxygen atoms in total. The van der Waals surface area contributed by atoms with Crippen molar-refractivity contribution < 1.29 is 14.6 Å². The summed E-state index contributed by atoms with van der Waals surface area (Å²) in [5, 5.41) is 9.22. The van der Waals surface area contributed by atoms with Crippen molar-refractivity contribution in [2.45, 2.75) is 18.9 Å². The number of ether oxygens (including phenoxy) is 2. The summed E-state index contributed by atoms with van der Waals surface area (Å²) in [6.45, 7) is 2.66. The lowest BCUT2D eigenvalue weighted by Gasteiger charge is -2.21. The monoisotopic (exact) mass is 224 g/mol. The number of rotatable bonds is 6. The second-order valence-corrected chi connectivity index (χ2v) is 3.89. The van der Waals surface area contributed by atoms with Crippen molar-refractivity contribution in [1.82, 2.24) is 0 Å². The summed E-state index contributed by atoms with van der Waals surface area (Å²) in [7, 11) is 3.33. The van der Waals surface area contributed by atoms with Crippen LogP contribution in [0.25, 0.3) is 0 Å². The largest absolute Gasteiger partial charge is 0.396 e. The van der Waals surface area contributed by atoms with Gasteiger partial charge in [0.25, 0.3) is 0 Å². The zero-order chi connectivity index (χ0) is 12.0. The van der Waals surface area contributed by atoms with Gasteiger partial charge in [-0.25, -0.2) is 0 Å². The second kappa shape index (κ2) is 6.63. The number of benzene rings is 1. The summed E-state index contributed by atoms with van der Waals surface area (Å²) in [6, 6.07) is 8.00. The highest BCUT2D eigenvalue weighted by atomic mass is 16.5. The van der Waals surface area contributed by atoms with E-state index in [0.717, 1.165) is 11.1 Å². The smallest absolute Gasteiger partial charge is 0.106 e. The fourth-order valence-corrected chi connectivity index (χ4v) is 1.79. The second-order valence-electron chi connectivity index (χ2n) is 3.89. The molecule has 0 fully saturated rings. The van der Waals surface area contributed by atoms with Crippen LogP contribution in [0.4, 0.5) is 0 Å². The van der Waals surface area contributed by atoms with Crippen LogP contribution in [0, 0.1) is 0 Å². The Kier molecular flexibility index (Phi) is 5.46. The van der Waals surface area contributed by atoms with Gasteiger partial charge in [0.05, 0.1) is 6.61 Å². The van der Waals surface area contributed by atoms with Crippen molar-refractivity contribution in [2.75, 3.05) is 27.4 Å². The van der Waals surface area contributed by atoms with Crippen LogP contribution in [-0.4, -0.2) is 32.5 Å². The lowest BCUT2D eigenvalue weighted by atomic mass is 9.93. The molecule has 3 heteroatoms. The molecule has 0 spiro atoms. The predicted octanol–water partition coefficient (Wildman–Crippen LogP) is 2.12. The minimum atomic E-state index is -0.0739. The molecule has 0 amide bonds. The van der Waals surface area contributed by atoms with E-state index < -0.39 is 0 Å². The fourth-order valence-electron chi connectivity index (χ4n) is 1.79. The first-order valence-electron chi connectivity index (χ1n) is 5.46. The molecule has 16 heavy (non-hydrogen) atoms.